The minimum Gasteiger partial charge on any atom is -0.493 e. The van der Waals surface area contributed by atoms with Crippen LogP contribution in [0.15, 0.2) is 12.4 Å². The zero-order valence-electron chi connectivity index (χ0n) is 14.2. The second-order valence-corrected chi connectivity index (χ2v) is 4.75. The maximum Gasteiger partial charge on any atom is 0.307 e. The highest BCUT2D eigenvalue weighted by Crippen LogP contribution is 2.43. The summed E-state index contributed by atoms with van der Waals surface area (Å²) in [7, 11) is 4.61. The molecule has 24 heavy (non-hydrogen) atoms. The summed E-state index contributed by atoms with van der Waals surface area (Å²) in [6.45, 7) is 2.53. The van der Waals surface area contributed by atoms with Crippen LogP contribution in [0.2, 0.25) is 0 Å². The lowest BCUT2D eigenvalue weighted by Gasteiger charge is -2.15. The number of ether oxygens (including phenoxy) is 4. The first-order chi connectivity index (χ1) is 11.7. The van der Waals surface area contributed by atoms with Crippen molar-refractivity contribution in [2.75, 3.05) is 39.8 Å². The number of nitrogens with zero attached hydrogens (tertiary/aromatic N) is 2. The van der Waals surface area contributed by atoms with E-state index in [9.17, 15) is 4.79 Å². The summed E-state index contributed by atoms with van der Waals surface area (Å²) < 4.78 is 21.0. The van der Waals surface area contributed by atoms with E-state index in [1.165, 1.54) is 20.5 Å². The monoisotopic (exact) mass is 335 g/mol. The minimum atomic E-state index is -0.264. The lowest BCUT2D eigenvalue weighted by atomic mass is 10.2. The van der Waals surface area contributed by atoms with Crippen molar-refractivity contribution in [2.24, 2.45) is 0 Å². The Hall–Kier alpha value is -2.77. The van der Waals surface area contributed by atoms with Gasteiger partial charge in [-0.1, -0.05) is 0 Å². The van der Waals surface area contributed by atoms with Gasteiger partial charge >= 0.3 is 5.97 Å². The largest absolute Gasteiger partial charge is 0.493 e. The summed E-state index contributed by atoms with van der Waals surface area (Å²) in [6.07, 6.45) is 1.66. The van der Waals surface area contributed by atoms with E-state index in [0.29, 0.717) is 47.1 Å². The Morgan fingerprint density at radius 3 is 2.50 bits per heavy atom. The Morgan fingerprint density at radius 2 is 1.88 bits per heavy atom. The van der Waals surface area contributed by atoms with Crippen LogP contribution in [0.1, 0.15) is 13.3 Å². The number of hydrogen-bond donors (Lipinski definition) is 1. The SMILES string of the molecule is CCOC(=O)CCNc1ncnc2c(OC)c(OC)c(OC)cc12. The van der Waals surface area contributed by atoms with Crippen molar-refractivity contribution >= 4 is 22.7 Å². The van der Waals surface area contributed by atoms with Crippen molar-refractivity contribution in [1.82, 2.24) is 9.97 Å². The van der Waals surface area contributed by atoms with Crippen LogP contribution in [-0.4, -0.2) is 50.4 Å². The Kier molecular flexibility index (Phi) is 6.00. The first kappa shape index (κ1) is 17.6. The second-order valence-electron chi connectivity index (χ2n) is 4.75. The van der Waals surface area contributed by atoms with Crippen molar-refractivity contribution in [1.29, 1.82) is 0 Å². The highest BCUT2D eigenvalue weighted by atomic mass is 16.5. The third-order valence-electron chi connectivity index (χ3n) is 3.36. The average molecular weight is 335 g/mol. The fourth-order valence-corrected chi connectivity index (χ4v) is 2.32. The van der Waals surface area contributed by atoms with Gasteiger partial charge in [-0.25, -0.2) is 9.97 Å². The summed E-state index contributed by atoms with van der Waals surface area (Å²) in [5, 5.41) is 3.82. The first-order valence-corrected chi connectivity index (χ1v) is 7.49. The summed E-state index contributed by atoms with van der Waals surface area (Å²) in [5.41, 5.74) is 0.587. The first-order valence-electron chi connectivity index (χ1n) is 7.49. The van der Waals surface area contributed by atoms with Gasteiger partial charge in [0.15, 0.2) is 11.5 Å². The van der Waals surface area contributed by atoms with Crippen LogP contribution in [0.3, 0.4) is 0 Å². The van der Waals surface area contributed by atoms with E-state index in [1.807, 2.05) is 0 Å². The van der Waals surface area contributed by atoms with Crippen LogP contribution in [0.5, 0.6) is 17.2 Å². The number of methoxy groups -OCH3 is 3. The van der Waals surface area contributed by atoms with Crippen LogP contribution >= 0.6 is 0 Å². The molecule has 1 N–H and O–H groups in total. The van der Waals surface area contributed by atoms with Crippen LogP contribution in [0, 0.1) is 0 Å². The zero-order valence-corrected chi connectivity index (χ0v) is 14.2. The third kappa shape index (κ3) is 3.58. The van der Waals surface area contributed by atoms with Crippen molar-refractivity contribution in [3.05, 3.63) is 12.4 Å². The zero-order chi connectivity index (χ0) is 17.5. The van der Waals surface area contributed by atoms with Gasteiger partial charge in [-0.2, -0.15) is 0 Å². The van der Waals surface area contributed by atoms with Crippen LogP contribution in [0.4, 0.5) is 5.82 Å². The third-order valence-corrected chi connectivity index (χ3v) is 3.36. The van der Waals surface area contributed by atoms with E-state index in [-0.39, 0.29) is 12.4 Å². The van der Waals surface area contributed by atoms with Crippen LogP contribution in [0.25, 0.3) is 10.9 Å². The Bertz CT molecular complexity index is 720. The van der Waals surface area contributed by atoms with Crippen LogP contribution in [-0.2, 0) is 9.53 Å². The van der Waals surface area contributed by atoms with Crippen LogP contribution < -0.4 is 19.5 Å². The molecule has 8 heteroatoms. The van der Waals surface area contributed by atoms with Gasteiger partial charge in [-0.05, 0) is 13.0 Å². The molecule has 1 aromatic carbocycles. The maximum atomic E-state index is 11.4. The summed E-state index contributed by atoms with van der Waals surface area (Å²) in [4.78, 5) is 19.9. The molecular weight excluding hydrogens is 314 g/mol. The van der Waals surface area contributed by atoms with Gasteiger partial charge in [0.25, 0.3) is 0 Å². The summed E-state index contributed by atoms with van der Waals surface area (Å²) in [6, 6.07) is 1.77. The van der Waals surface area contributed by atoms with E-state index in [2.05, 4.69) is 15.3 Å². The number of esters is 1. The van der Waals surface area contributed by atoms with Crippen molar-refractivity contribution in [3.8, 4) is 17.2 Å². The predicted octanol–water partition coefficient (Wildman–Crippen LogP) is 2.02. The number of carbonyl (C=O) groups excluding carboxylic acids is 1. The summed E-state index contributed by atoms with van der Waals surface area (Å²) >= 11 is 0. The molecule has 0 atom stereocenters. The molecule has 0 unspecified atom stereocenters. The molecule has 1 heterocycles. The molecule has 0 saturated heterocycles. The fourth-order valence-electron chi connectivity index (χ4n) is 2.32. The molecule has 0 saturated carbocycles. The predicted molar refractivity (Wildman–Crippen MR) is 88.9 cm³/mol. The van der Waals surface area contributed by atoms with Gasteiger partial charge < -0.3 is 24.3 Å². The van der Waals surface area contributed by atoms with E-state index >= 15 is 0 Å². The minimum absolute atomic E-state index is 0.240. The molecule has 0 aliphatic carbocycles. The van der Waals surface area contributed by atoms with Gasteiger partial charge in [0.1, 0.15) is 17.7 Å². The quantitative estimate of drug-likeness (QED) is 0.733. The van der Waals surface area contributed by atoms with E-state index in [1.54, 1.807) is 20.1 Å². The molecule has 2 rings (SSSR count). The molecule has 8 nitrogen and oxygen atoms in total. The number of nitrogens with one attached hydrogen (secondary N) is 1. The number of anilines is 1. The smallest absolute Gasteiger partial charge is 0.307 e. The number of fused-ring (bicyclic) bond motifs is 1. The highest BCUT2D eigenvalue weighted by molar-refractivity contribution is 5.96. The topological polar surface area (TPSA) is 91.8 Å². The average Bonchev–Trinajstić information content (AvgIpc) is 2.60. The fraction of sp³-hybridized carbons (Fsp3) is 0.438. The van der Waals surface area contributed by atoms with Crippen molar-refractivity contribution in [2.45, 2.75) is 13.3 Å². The molecule has 0 spiro atoms. The summed E-state index contributed by atoms with van der Waals surface area (Å²) in [5.74, 6) is 1.74. The molecule has 1 aromatic heterocycles. The van der Waals surface area contributed by atoms with Gasteiger partial charge in [0.05, 0.1) is 39.7 Å². The number of rotatable bonds is 8. The van der Waals surface area contributed by atoms with E-state index in [4.69, 9.17) is 18.9 Å². The number of carbonyl (C=O) groups is 1. The second kappa shape index (κ2) is 8.19. The molecule has 0 amide bonds. The van der Waals surface area contributed by atoms with Gasteiger partial charge in [0.2, 0.25) is 5.75 Å². The normalized spacial score (nSPS) is 10.3. The van der Waals surface area contributed by atoms with E-state index < -0.39 is 0 Å². The molecular formula is C16H21N3O5. The lowest BCUT2D eigenvalue weighted by molar-refractivity contribution is -0.142. The molecule has 130 valence electrons. The number of hydrogen-bond acceptors (Lipinski definition) is 8. The van der Waals surface area contributed by atoms with Gasteiger partial charge in [-0.3, -0.25) is 4.79 Å². The molecule has 2 aromatic rings. The molecule has 0 fully saturated rings. The van der Waals surface area contributed by atoms with Crippen molar-refractivity contribution < 1.29 is 23.7 Å². The molecule has 0 radical (unpaired) electrons. The van der Waals surface area contributed by atoms with Crippen molar-refractivity contribution in [3.63, 3.8) is 0 Å². The molecule has 0 aliphatic rings. The highest BCUT2D eigenvalue weighted by Gasteiger charge is 2.19. The standard InChI is InChI=1S/C16H21N3O5/c1-5-24-12(20)6-7-17-16-10-8-11(21-2)14(22-3)15(23-4)13(10)18-9-19-16/h8-9H,5-7H2,1-4H3,(H,17,18,19). The Morgan fingerprint density at radius 1 is 1.12 bits per heavy atom. The van der Waals surface area contributed by atoms with Gasteiger partial charge in [0, 0.05) is 6.54 Å². The Labute approximate surface area is 140 Å². The number of aromatic nitrogens is 2. The molecule has 0 aliphatic heterocycles. The van der Waals surface area contributed by atoms with E-state index in [0.717, 1.165) is 0 Å². The van der Waals surface area contributed by atoms with Gasteiger partial charge in [-0.15, -0.1) is 0 Å². The maximum absolute atomic E-state index is 11.4. The Balaban J connectivity index is 2.36. The molecule has 0 bridgehead atoms. The lowest BCUT2D eigenvalue weighted by Crippen LogP contribution is -2.12. The number of benzene rings is 1.